The number of benzene rings is 6. The third-order valence-electron chi connectivity index (χ3n) is 8.38. The molecule has 0 saturated carbocycles. The maximum Gasteiger partial charge on any atom is 0.209 e. The first-order valence-corrected chi connectivity index (χ1v) is 15.4. The van der Waals surface area contributed by atoms with E-state index >= 15 is 0 Å². The zero-order valence-electron chi connectivity index (χ0n) is 25.0. The highest BCUT2D eigenvalue weighted by Crippen LogP contribution is 2.36. The van der Waals surface area contributed by atoms with Crippen molar-refractivity contribution < 1.29 is 5.32 Å². The van der Waals surface area contributed by atoms with E-state index in [1.165, 1.54) is 33.0 Å². The summed E-state index contributed by atoms with van der Waals surface area (Å²) in [5.41, 5.74) is 8.78. The zero-order valence-corrected chi connectivity index (χ0v) is 25.0. The lowest BCUT2D eigenvalue weighted by Crippen LogP contribution is -2.79. The van der Waals surface area contributed by atoms with Crippen LogP contribution >= 0.6 is 0 Å². The van der Waals surface area contributed by atoms with Gasteiger partial charge < -0.3 is 0 Å². The predicted molar refractivity (Wildman–Crippen MR) is 187 cm³/mol. The molecule has 0 aliphatic carbocycles. The first kappa shape index (κ1) is 27.5. The molecule has 5 nitrogen and oxygen atoms in total. The minimum atomic E-state index is 0.0774. The molecule has 1 aliphatic rings. The Kier molecular flexibility index (Phi) is 7.27. The van der Waals surface area contributed by atoms with E-state index in [-0.39, 0.29) is 6.17 Å². The highest BCUT2D eigenvalue weighted by Gasteiger charge is 2.15. The van der Waals surface area contributed by atoms with Gasteiger partial charge in [-0.15, -0.1) is 0 Å². The topological polar surface area (TPSA) is 67.6 Å². The Bertz CT molecular complexity index is 2150. The first-order chi connectivity index (χ1) is 22.8. The van der Waals surface area contributed by atoms with Gasteiger partial charge in [-0.05, 0) is 33.0 Å². The number of fused-ring (bicyclic) bond motifs is 1. The maximum absolute atomic E-state index is 4.90. The Hall–Kier alpha value is -6.04. The molecule has 1 atom stereocenters. The molecule has 0 amide bonds. The summed E-state index contributed by atoms with van der Waals surface area (Å²) in [5.74, 6) is 1.96. The summed E-state index contributed by atoms with van der Waals surface area (Å²) in [5, 5.41) is 4.56. The molecule has 2 N–H and O–H groups in total. The molecule has 1 aliphatic heterocycles. The fourth-order valence-electron chi connectivity index (χ4n) is 6.01. The third-order valence-corrected chi connectivity index (χ3v) is 8.38. The van der Waals surface area contributed by atoms with Gasteiger partial charge in [0.1, 0.15) is 0 Å². The first-order valence-electron chi connectivity index (χ1n) is 15.4. The number of nitrogens with two attached hydrogens (primary N) is 1. The van der Waals surface area contributed by atoms with Crippen molar-refractivity contribution in [3.63, 3.8) is 0 Å². The molecule has 218 valence electrons. The van der Waals surface area contributed by atoms with Crippen LogP contribution in [0.3, 0.4) is 0 Å². The van der Waals surface area contributed by atoms with Crippen LogP contribution in [-0.2, 0) is 0 Å². The third kappa shape index (κ3) is 5.40. The Balaban J connectivity index is 1.15. The van der Waals surface area contributed by atoms with Crippen LogP contribution in [0.4, 0.5) is 0 Å². The molecule has 0 spiro atoms. The lowest BCUT2D eigenvalue weighted by molar-refractivity contribution is -0.632. The Labute approximate surface area is 267 Å². The van der Waals surface area contributed by atoms with Gasteiger partial charge >= 0.3 is 0 Å². The molecule has 0 radical (unpaired) electrons. The monoisotopic (exact) mass is 592 g/mol. The fraction of sp³-hybridized carbons (Fsp3) is 0.0244. The molecule has 46 heavy (non-hydrogen) atoms. The molecule has 5 heteroatoms. The van der Waals surface area contributed by atoms with Crippen molar-refractivity contribution in [1.29, 1.82) is 0 Å². The van der Waals surface area contributed by atoms with Gasteiger partial charge in [-0.3, -0.25) is 5.32 Å². The number of hydrogen-bond donors (Lipinski definition) is 1. The summed E-state index contributed by atoms with van der Waals surface area (Å²) in [7, 11) is 0. The van der Waals surface area contributed by atoms with Gasteiger partial charge in [0.15, 0.2) is 17.5 Å². The summed E-state index contributed by atoms with van der Waals surface area (Å²) >= 11 is 0. The summed E-state index contributed by atoms with van der Waals surface area (Å²) in [6, 6.07) is 50.5. The molecule has 0 fully saturated rings. The van der Waals surface area contributed by atoms with Crippen molar-refractivity contribution in [2.75, 3.05) is 0 Å². The van der Waals surface area contributed by atoms with Crippen molar-refractivity contribution in [3.05, 3.63) is 163 Å². The van der Waals surface area contributed by atoms with E-state index in [0.29, 0.717) is 17.5 Å². The van der Waals surface area contributed by atoms with E-state index in [1.807, 2.05) is 73.0 Å². The highest BCUT2D eigenvalue weighted by molar-refractivity contribution is 6.05. The fourth-order valence-corrected chi connectivity index (χ4v) is 6.01. The molecule has 1 unspecified atom stereocenters. The second-order valence-corrected chi connectivity index (χ2v) is 11.3. The van der Waals surface area contributed by atoms with Gasteiger partial charge in [-0.25, -0.2) is 19.9 Å². The molecule has 0 bridgehead atoms. The van der Waals surface area contributed by atoms with Crippen molar-refractivity contribution in [3.8, 4) is 56.4 Å². The van der Waals surface area contributed by atoms with E-state index in [0.717, 1.165) is 22.3 Å². The SMILES string of the molecule is C1=C[NH2+]C(c2ccc(-c3ccc(-c4ccc(-c5nc(-c6ccccc6)nc(-c6ccccc6)n5)cc4)c4ccccc34)cc2)N=C1. The van der Waals surface area contributed by atoms with Crippen LogP contribution in [0.25, 0.3) is 67.2 Å². The van der Waals surface area contributed by atoms with E-state index < -0.39 is 0 Å². The number of rotatable bonds is 6. The van der Waals surface area contributed by atoms with Crippen LogP contribution in [0.15, 0.2) is 163 Å². The molecule has 6 aromatic carbocycles. The molecule has 8 rings (SSSR count). The average molecular weight is 593 g/mol. The Morgan fingerprint density at radius 1 is 0.413 bits per heavy atom. The number of hydrogen-bond acceptors (Lipinski definition) is 4. The molecule has 7 aromatic rings. The van der Waals surface area contributed by atoms with Crippen LogP contribution in [0.5, 0.6) is 0 Å². The van der Waals surface area contributed by atoms with E-state index in [1.54, 1.807) is 0 Å². The quantitative estimate of drug-likeness (QED) is 0.210. The smallest absolute Gasteiger partial charge is 0.209 e. The van der Waals surface area contributed by atoms with Gasteiger partial charge in [0.2, 0.25) is 6.17 Å². The van der Waals surface area contributed by atoms with Crippen LogP contribution in [0.1, 0.15) is 11.7 Å². The van der Waals surface area contributed by atoms with E-state index in [9.17, 15) is 0 Å². The summed E-state index contributed by atoms with van der Waals surface area (Å²) in [6.07, 6.45) is 5.96. The van der Waals surface area contributed by atoms with Crippen LogP contribution in [0, 0.1) is 0 Å². The van der Waals surface area contributed by atoms with Crippen molar-refractivity contribution in [1.82, 2.24) is 15.0 Å². The second-order valence-electron chi connectivity index (χ2n) is 11.3. The van der Waals surface area contributed by atoms with E-state index in [4.69, 9.17) is 15.0 Å². The van der Waals surface area contributed by atoms with Crippen molar-refractivity contribution in [2.45, 2.75) is 6.17 Å². The predicted octanol–water partition coefficient (Wildman–Crippen LogP) is 8.52. The number of aliphatic imine (C=N–C) groups is 1. The standard InChI is InChI=1S/C41H29N5/c1-3-10-30(11-4-1)39-44-40(31-12-5-2-6-13-31)46-41(45-39)33-22-18-29(19-23-33)35-25-24-34(36-14-7-8-15-37(35)36)28-16-20-32(21-17-28)38-42-26-9-27-43-38/h1-27,38,42H/p+1. The highest BCUT2D eigenvalue weighted by atomic mass is 15.1. The molecule has 2 heterocycles. The van der Waals surface area contributed by atoms with Gasteiger partial charge in [0.25, 0.3) is 0 Å². The number of aromatic nitrogens is 3. The lowest BCUT2D eigenvalue weighted by atomic mass is 9.91. The Morgan fingerprint density at radius 3 is 1.33 bits per heavy atom. The zero-order chi connectivity index (χ0) is 30.7. The van der Waals surface area contributed by atoms with Crippen molar-refractivity contribution >= 4 is 17.0 Å². The summed E-state index contributed by atoms with van der Waals surface area (Å²) < 4.78 is 0. The number of quaternary nitrogens is 1. The minimum absolute atomic E-state index is 0.0774. The molecule has 1 aromatic heterocycles. The van der Waals surface area contributed by atoms with Gasteiger partial charge in [-0.1, -0.05) is 146 Å². The maximum atomic E-state index is 4.90. The largest absolute Gasteiger partial charge is 0.295 e. The molecular formula is C41H30N5+. The van der Waals surface area contributed by atoms with Crippen LogP contribution < -0.4 is 5.32 Å². The van der Waals surface area contributed by atoms with Gasteiger partial charge in [0.05, 0.1) is 6.20 Å². The van der Waals surface area contributed by atoms with Gasteiger partial charge in [0, 0.05) is 34.5 Å². The second kappa shape index (κ2) is 12.2. The molecular weight excluding hydrogens is 562 g/mol. The summed E-state index contributed by atoms with van der Waals surface area (Å²) in [6.45, 7) is 0. The van der Waals surface area contributed by atoms with Crippen molar-refractivity contribution in [2.24, 2.45) is 4.99 Å². The van der Waals surface area contributed by atoms with Crippen LogP contribution in [-0.4, -0.2) is 21.2 Å². The van der Waals surface area contributed by atoms with Gasteiger partial charge in [-0.2, -0.15) is 0 Å². The van der Waals surface area contributed by atoms with E-state index in [2.05, 4.69) is 101 Å². The normalized spacial score (nSPS) is 14.0. The number of allylic oxidation sites excluding steroid dienone is 1. The van der Waals surface area contributed by atoms with Crippen LogP contribution in [0.2, 0.25) is 0 Å². The average Bonchev–Trinajstić information content (AvgIpc) is 3.15. The minimum Gasteiger partial charge on any atom is -0.295 e. The molecule has 0 saturated heterocycles. The summed E-state index contributed by atoms with van der Waals surface area (Å²) in [4.78, 5) is 19.2. The Morgan fingerprint density at radius 2 is 0.848 bits per heavy atom. The number of nitrogens with zero attached hydrogens (tertiary/aromatic N) is 4. The lowest BCUT2D eigenvalue weighted by Gasteiger charge is -2.14.